The number of amides is 2. The summed E-state index contributed by atoms with van der Waals surface area (Å²) in [6, 6.07) is 11.7. The van der Waals surface area contributed by atoms with Gasteiger partial charge in [-0.25, -0.2) is 9.37 Å². The maximum atomic E-state index is 14.9. The van der Waals surface area contributed by atoms with Gasteiger partial charge in [0.2, 0.25) is 22.8 Å². The van der Waals surface area contributed by atoms with E-state index in [0.717, 1.165) is 5.56 Å². The number of pyridine rings is 2. The van der Waals surface area contributed by atoms with Crippen molar-refractivity contribution in [2.24, 2.45) is 5.41 Å². The van der Waals surface area contributed by atoms with Crippen LogP contribution in [0, 0.1) is 11.2 Å². The summed E-state index contributed by atoms with van der Waals surface area (Å²) in [5.41, 5.74) is 2.89. The Labute approximate surface area is 234 Å². The van der Waals surface area contributed by atoms with Crippen molar-refractivity contribution in [2.45, 2.75) is 19.8 Å². The van der Waals surface area contributed by atoms with Gasteiger partial charge in [-0.3, -0.25) is 9.59 Å². The second kappa shape index (κ2) is 10.3. The minimum Gasteiger partial charge on any atom is -0.420 e. The normalized spacial score (nSPS) is 14.0. The molecule has 0 bridgehead atoms. The number of benzene rings is 1. The Morgan fingerprint density at radius 1 is 1.00 bits per heavy atom. The number of hydrogen-bond acceptors (Lipinski definition) is 9. The molecule has 10 nitrogen and oxygen atoms in total. The summed E-state index contributed by atoms with van der Waals surface area (Å²) in [4.78, 5) is 38.4. The molecule has 1 N–H and O–H groups in total. The summed E-state index contributed by atoms with van der Waals surface area (Å²) in [7, 11) is 6.88. The van der Waals surface area contributed by atoms with Crippen molar-refractivity contribution in [1.29, 1.82) is 0 Å². The average molecular weight is 562 g/mol. The Hall–Kier alpha value is -4.45. The lowest BCUT2D eigenvalue weighted by molar-refractivity contribution is -0.124. The predicted molar refractivity (Wildman–Crippen MR) is 150 cm³/mol. The number of halogens is 1. The molecule has 206 valence electrons. The monoisotopic (exact) mass is 561 g/mol. The maximum Gasteiger partial charge on any atom is 0.256 e. The number of hydrogen-bond donors (Lipinski definition) is 1. The Bertz CT molecular complexity index is 1610. The molecule has 0 radical (unpaired) electrons. The zero-order valence-corrected chi connectivity index (χ0v) is 23.7. The van der Waals surface area contributed by atoms with Crippen LogP contribution < -0.4 is 15.0 Å². The first-order chi connectivity index (χ1) is 19.0. The fourth-order valence-electron chi connectivity index (χ4n) is 4.65. The van der Waals surface area contributed by atoms with E-state index in [-0.39, 0.29) is 17.4 Å². The van der Waals surface area contributed by atoms with Gasteiger partial charge in [-0.05, 0) is 30.3 Å². The molecular weight excluding hydrogens is 533 g/mol. The maximum absolute atomic E-state index is 14.9. The van der Waals surface area contributed by atoms with Gasteiger partial charge < -0.3 is 19.9 Å². The molecule has 1 aliphatic heterocycles. The quantitative estimate of drug-likeness (QED) is 0.357. The van der Waals surface area contributed by atoms with E-state index < -0.39 is 23.1 Å². The fourth-order valence-corrected chi connectivity index (χ4v) is 5.09. The molecule has 3 aromatic heterocycles. The van der Waals surface area contributed by atoms with Gasteiger partial charge in [0.05, 0.1) is 16.7 Å². The van der Waals surface area contributed by atoms with E-state index in [2.05, 4.69) is 20.5 Å². The third-order valence-corrected chi connectivity index (χ3v) is 7.43. The molecule has 0 saturated heterocycles. The van der Waals surface area contributed by atoms with E-state index in [4.69, 9.17) is 9.72 Å². The lowest BCUT2D eigenvalue weighted by Gasteiger charge is -2.37. The molecular formula is C28H28FN7O3S. The van der Waals surface area contributed by atoms with Crippen molar-refractivity contribution in [3.63, 3.8) is 0 Å². The molecule has 0 saturated carbocycles. The zero-order valence-electron chi connectivity index (χ0n) is 22.9. The van der Waals surface area contributed by atoms with Crippen molar-refractivity contribution in [2.75, 3.05) is 38.4 Å². The molecule has 12 heteroatoms. The van der Waals surface area contributed by atoms with E-state index in [9.17, 15) is 14.0 Å². The zero-order chi connectivity index (χ0) is 28.8. The number of nitrogens with one attached hydrogen (secondary N) is 1. The minimum absolute atomic E-state index is 0.0273. The molecule has 4 heterocycles. The van der Waals surface area contributed by atoms with Gasteiger partial charge in [0, 0.05) is 50.8 Å². The third kappa shape index (κ3) is 4.86. The molecule has 4 aromatic rings. The molecule has 1 atom stereocenters. The fraction of sp³-hybridized carbons (Fsp3) is 0.286. The van der Waals surface area contributed by atoms with Crippen LogP contribution in [0.25, 0.3) is 11.3 Å². The summed E-state index contributed by atoms with van der Waals surface area (Å²) in [5.74, 6) is -0.518. The number of carbonyl (C=O) groups is 2. The van der Waals surface area contributed by atoms with Crippen LogP contribution in [0.15, 0.2) is 48.0 Å². The molecule has 1 unspecified atom stereocenters. The van der Waals surface area contributed by atoms with Gasteiger partial charge in [0.1, 0.15) is 17.1 Å². The number of rotatable bonds is 6. The molecule has 40 heavy (non-hydrogen) atoms. The standard InChI is InChI=1S/C28H28FN7O3S/c1-28(2,26(38)33-27-34-30-14-40-27)22-17-9-11-20(15-7-8-16(19(29)13-15)25(37)36(5)6)31-23(17)39-24-18(22)10-12-21(32-24)35(3)4/h7-14,22H,1-6H3,(H,33,34,38). The van der Waals surface area contributed by atoms with Crippen LogP contribution in [0.2, 0.25) is 0 Å². The smallest absolute Gasteiger partial charge is 0.256 e. The second-order valence-electron chi connectivity index (χ2n) is 10.4. The molecule has 5 rings (SSSR count). The highest BCUT2D eigenvalue weighted by atomic mass is 32.1. The van der Waals surface area contributed by atoms with Gasteiger partial charge in [-0.15, -0.1) is 10.2 Å². The molecule has 1 aliphatic rings. The number of fused-ring (bicyclic) bond motifs is 2. The van der Waals surface area contributed by atoms with Gasteiger partial charge in [0.25, 0.3) is 5.91 Å². The van der Waals surface area contributed by atoms with Crippen LogP contribution in [0.1, 0.15) is 41.3 Å². The lowest BCUT2D eigenvalue weighted by Crippen LogP contribution is -2.38. The van der Waals surface area contributed by atoms with Gasteiger partial charge >= 0.3 is 0 Å². The number of aromatic nitrogens is 4. The highest BCUT2D eigenvalue weighted by molar-refractivity contribution is 7.13. The Morgan fingerprint density at radius 2 is 1.70 bits per heavy atom. The largest absolute Gasteiger partial charge is 0.420 e. The number of ether oxygens (including phenoxy) is 1. The Balaban J connectivity index is 1.59. The van der Waals surface area contributed by atoms with Crippen LogP contribution in [-0.2, 0) is 4.79 Å². The molecule has 2 amide bonds. The highest BCUT2D eigenvalue weighted by Gasteiger charge is 2.45. The van der Waals surface area contributed by atoms with Gasteiger partial charge in [-0.1, -0.05) is 37.3 Å². The minimum atomic E-state index is -0.982. The number of carbonyl (C=O) groups excluding carboxylic acids is 2. The van der Waals surface area contributed by atoms with Crippen LogP contribution in [0.5, 0.6) is 11.8 Å². The summed E-state index contributed by atoms with van der Waals surface area (Å²) in [6.07, 6.45) is 0. The van der Waals surface area contributed by atoms with Gasteiger partial charge in [0.15, 0.2) is 0 Å². The molecule has 0 aliphatic carbocycles. The van der Waals surface area contributed by atoms with Crippen molar-refractivity contribution in [3.8, 4) is 23.0 Å². The first-order valence-corrected chi connectivity index (χ1v) is 13.3. The van der Waals surface area contributed by atoms with E-state index in [1.807, 2.05) is 51.0 Å². The van der Waals surface area contributed by atoms with Gasteiger partial charge in [-0.2, -0.15) is 4.98 Å². The van der Waals surface area contributed by atoms with Crippen LogP contribution in [0.4, 0.5) is 15.3 Å². The predicted octanol–water partition coefficient (Wildman–Crippen LogP) is 4.80. The highest BCUT2D eigenvalue weighted by Crippen LogP contribution is 2.51. The Morgan fingerprint density at radius 3 is 2.33 bits per heavy atom. The SMILES string of the molecule is CN(C)C(=O)c1ccc(-c2ccc3c(n2)Oc2nc(N(C)C)ccc2C3C(C)(C)C(=O)Nc2nncs2)cc1F. The van der Waals surface area contributed by atoms with Crippen molar-refractivity contribution < 1.29 is 18.7 Å². The topological polar surface area (TPSA) is 113 Å². The van der Waals surface area contributed by atoms with Crippen molar-refractivity contribution >= 4 is 34.1 Å². The summed E-state index contributed by atoms with van der Waals surface area (Å²) in [5, 5.41) is 11.0. The lowest BCUT2D eigenvalue weighted by atomic mass is 9.70. The van der Waals surface area contributed by atoms with Crippen molar-refractivity contribution in [1.82, 2.24) is 25.1 Å². The molecule has 0 spiro atoms. The number of nitrogens with zero attached hydrogens (tertiary/aromatic N) is 6. The van der Waals surface area contributed by atoms with Crippen LogP contribution >= 0.6 is 11.3 Å². The summed E-state index contributed by atoms with van der Waals surface area (Å²) >= 11 is 1.23. The third-order valence-electron chi connectivity index (χ3n) is 6.83. The average Bonchev–Trinajstić information content (AvgIpc) is 3.43. The second-order valence-corrected chi connectivity index (χ2v) is 11.2. The van der Waals surface area contributed by atoms with E-state index in [1.54, 1.807) is 31.7 Å². The van der Waals surface area contributed by atoms with Crippen LogP contribution in [0.3, 0.4) is 0 Å². The first-order valence-electron chi connectivity index (χ1n) is 12.4. The Kier molecular flexibility index (Phi) is 6.96. The molecule has 0 fully saturated rings. The summed E-state index contributed by atoms with van der Waals surface area (Å²) in [6.45, 7) is 3.69. The van der Waals surface area contributed by atoms with E-state index in [1.165, 1.54) is 28.4 Å². The number of anilines is 2. The van der Waals surface area contributed by atoms with Crippen molar-refractivity contribution in [3.05, 3.63) is 70.5 Å². The van der Waals surface area contributed by atoms with E-state index >= 15 is 0 Å². The molecule has 1 aromatic carbocycles. The summed E-state index contributed by atoms with van der Waals surface area (Å²) < 4.78 is 21.1. The first kappa shape index (κ1) is 27.1. The van der Waals surface area contributed by atoms with Crippen LogP contribution in [-0.4, -0.2) is 65.1 Å². The van der Waals surface area contributed by atoms with E-state index in [0.29, 0.717) is 33.7 Å².